The Morgan fingerprint density at radius 3 is 2.45 bits per heavy atom. The van der Waals surface area contributed by atoms with E-state index in [9.17, 15) is 14.4 Å². The molecule has 2 aromatic carbocycles. The highest BCUT2D eigenvalue weighted by molar-refractivity contribution is 6.30. The molecule has 2 N–H and O–H groups in total. The highest BCUT2D eigenvalue weighted by atomic mass is 35.5. The van der Waals surface area contributed by atoms with Gasteiger partial charge in [0.1, 0.15) is 11.8 Å². The van der Waals surface area contributed by atoms with Crippen LogP contribution in [-0.4, -0.2) is 54.9 Å². The normalized spacial score (nSPS) is 15.4. The predicted molar refractivity (Wildman–Crippen MR) is 118 cm³/mol. The first-order valence-electron chi connectivity index (χ1n) is 10.3. The van der Waals surface area contributed by atoms with Crippen LogP contribution >= 0.6 is 11.6 Å². The quantitative estimate of drug-likeness (QED) is 0.583. The van der Waals surface area contributed by atoms with Gasteiger partial charge in [0.25, 0.3) is 11.8 Å². The van der Waals surface area contributed by atoms with Gasteiger partial charge in [-0.2, -0.15) is 0 Å². The number of ether oxygens (including phenoxy) is 1. The van der Waals surface area contributed by atoms with E-state index in [4.69, 9.17) is 16.3 Å². The van der Waals surface area contributed by atoms with Crippen LogP contribution in [0.5, 0.6) is 5.75 Å². The molecule has 8 heteroatoms. The molecular weight excluding hydrogens is 418 g/mol. The number of halogens is 1. The molecule has 3 rings (SSSR count). The number of rotatable bonds is 9. The zero-order valence-corrected chi connectivity index (χ0v) is 17.9. The molecule has 0 aromatic heterocycles. The van der Waals surface area contributed by atoms with Crippen LogP contribution in [0.2, 0.25) is 5.02 Å². The third-order valence-corrected chi connectivity index (χ3v) is 5.28. The van der Waals surface area contributed by atoms with Crippen molar-refractivity contribution in [2.45, 2.75) is 25.3 Å². The molecule has 1 fully saturated rings. The third-order valence-electron chi connectivity index (χ3n) is 5.03. The SMILES string of the molecule is O=C(NCCCNC(=O)[C@@H]1CCCN1C(=O)COc1ccc(Cl)cc1)c1ccccc1. The van der Waals surface area contributed by atoms with E-state index >= 15 is 0 Å². The summed E-state index contributed by atoms with van der Waals surface area (Å²) in [5.74, 6) is 0.0186. The molecule has 3 amide bonds. The molecule has 1 aliphatic heterocycles. The van der Waals surface area contributed by atoms with Crippen molar-refractivity contribution in [1.29, 1.82) is 0 Å². The number of carbonyl (C=O) groups excluding carboxylic acids is 3. The number of hydrogen-bond donors (Lipinski definition) is 2. The summed E-state index contributed by atoms with van der Waals surface area (Å²) < 4.78 is 5.51. The number of amides is 3. The maximum Gasteiger partial charge on any atom is 0.261 e. The number of benzene rings is 2. The highest BCUT2D eigenvalue weighted by Crippen LogP contribution is 2.19. The molecule has 0 bridgehead atoms. The molecule has 164 valence electrons. The minimum atomic E-state index is -0.486. The first-order valence-corrected chi connectivity index (χ1v) is 10.7. The summed E-state index contributed by atoms with van der Waals surface area (Å²) in [6, 6.07) is 15.3. The first-order chi connectivity index (χ1) is 15.0. The molecule has 7 nitrogen and oxygen atoms in total. The van der Waals surface area contributed by atoms with E-state index in [0.29, 0.717) is 48.8 Å². The van der Waals surface area contributed by atoms with E-state index < -0.39 is 6.04 Å². The van der Waals surface area contributed by atoms with Crippen LogP contribution in [0.15, 0.2) is 54.6 Å². The van der Waals surface area contributed by atoms with Crippen LogP contribution in [0.3, 0.4) is 0 Å². The number of carbonyl (C=O) groups is 3. The summed E-state index contributed by atoms with van der Waals surface area (Å²) in [4.78, 5) is 38.6. The Balaban J connectivity index is 1.37. The molecule has 0 spiro atoms. The molecular formula is C23H26ClN3O4. The highest BCUT2D eigenvalue weighted by Gasteiger charge is 2.33. The van der Waals surface area contributed by atoms with Gasteiger partial charge in [-0.05, 0) is 55.7 Å². The summed E-state index contributed by atoms with van der Waals surface area (Å²) >= 11 is 5.84. The summed E-state index contributed by atoms with van der Waals surface area (Å²) in [6.07, 6.45) is 2.01. The fourth-order valence-corrected chi connectivity index (χ4v) is 3.53. The van der Waals surface area contributed by atoms with E-state index in [1.807, 2.05) is 18.2 Å². The van der Waals surface area contributed by atoms with Gasteiger partial charge in [0.05, 0.1) is 0 Å². The van der Waals surface area contributed by atoms with Crippen molar-refractivity contribution in [3.63, 3.8) is 0 Å². The van der Waals surface area contributed by atoms with E-state index in [2.05, 4.69) is 10.6 Å². The van der Waals surface area contributed by atoms with Crippen molar-refractivity contribution in [3.05, 3.63) is 65.2 Å². The largest absolute Gasteiger partial charge is 0.484 e. The lowest BCUT2D eigenvalue weighted by molar-refractivity contribution is -0.139. The van der Waals surface area contributed by atoms with Gasteiger partial charge >= 0.3 is 0 Å². The van der Waals surface area contributed by atoms with Crippen molar-refractivity contribution < 1.29 is 19.1 Å². The lowest BCUT2D eigenvalue weighted by Crippen LogP contribution is -2.47. The van der Waals surface area contributed by atoms with Crippen LogP contribution in [0.25, 0.3) is 0 Å². The predicted octanol–water partition coefficient (Wildman–Crippen LogP) is 2.65. The fraction of sp³-hybridized carbons (Fsp3) is 0.348. The van der Waals surface area contributed by atoms with Gasteiger partial charge in [-0.25, -0.2) is 0 Å². The Hall–Kier alpha value is -3.06. The number of hydrogen-bond acceptors (Lipinski definition) is 4. The van der Waals surface area contributed by atoms with E-state index in [0.717, 1.165) is 6.42 Å². The van der Waals surface area contributed by atoms with Crippen molar-refractivity contribution in [1.82, 2.24) is 15.5 Å². The van der Waals surface area contributed by atoms with Gasteiger partial charge in [0.15, 0.2) is 6.61 Å². The second-order valence-electron chi connectivity index (χ2n) is 7.25. The molecule has 31 heavy (non-hydrogen) atoms. The maximum atomic E-state index is 12.5. The average molecular weight is 444 g/mol. The molecule has 1 atom stereocenters. The second-order valence-corrected chi connectivity index (χ2v) is 7.69. The molecule has 0 aliphatic carbocycles. The zero-order chi connectivity index (χ0) is 22.1. The first kappa shape index (κ1) is 22.6. The van der Waals surface area contributed by atoms with Crippen LogP contribution in [0, 0.1) is 0 Å². The van der Waals surface area contributed by atoms with Crippen molar-refractivity contribution in [3.8, 4) is 5.75 Å². The Bertz CT molecular complexity index is 889. The second kappa shape index (κ2) is 11.4. The van der Waals surface area contributed by atoms with Crippen molar-refractivity contribution >= 4 is 29.3 Å². The number of nitrogens with zero attached hydrogens (tertiary/aromatic N) is 1. The van der Waals surface area contributed by atoms with E-state index in [1.165, 1.54) is 0 Å². The molecule has 1 heterocycles. The van der Waals surface area contributed by atoms with Gasteiger partial charge in [0, 0.05) is 30.2 Å². The Morgan fingerprint density at radius 1 is 1.00 bits per heavy atom. The Morgan fingerprint density at radius 2 is 1.71 bits per heavy atom. The fourth-order valence-electron chi connectivity index (χ4n) is 3.41. The summed E-state index contributed by atoms with van der Waals surface area (Å²) in [5, 5.41) is 6.28. The van der Waals surface area contributed by atoms with Gasteiger partial charge in [-0.1, -0.05) is 29.8 Å². The Labute approximate surface area is 186 Å². The monoisotopic (exact) mass is 443 g/mol. The lowest BCUT2D eigenvalue weighted by atomic mass is 10.2. The van der Waals surface area contributed by atoms with Crippen molar-refractivity contribution in [2.24, 2.45) is 0 Å². The van der Waals surface area contributed by atoms with E-state index in [-0.39, 0.29) is 24.3 Å². The number of likely N-dealkylation sites (tertiary alicyclic amines) is 1. The van der Waals surface area contributed by atoms with E-state index in [1.54, 1.807) is 41.3 Å². The summed E-state index contributed by atoms with van der Waals surface area (Å²) in [6.45, 7) is 1.29. The molecule has 1 aliphatic rings. The van der Waals surface area contributed by atoms with Crippen LogP contribution in [0.1, 0.15) is 29.6 Å². The molecule has 0 unspecified atom stereocenters. The van der Waals surface area contributed by atoms with Gasteiger partial charge < -0.3 is 20.3 Å². The van der Waals surface area contributed by atoms with Gasteiger partial charge in [-0.15, -0.1) is 0 Å². The summed E-state index contributed by atoms with van der Waals surface area (Å²) in [7, 11) is 0. The third kappa shape index (κ3) is 6.72. The standard InChI is InChI=1S/C23H26ClN3O4/c24-18-9-11-19(12-10-18)31-16-21(28)27-15-4-8-20(27)23(30)26-14-5-13-25-22(29)17-6-2-1-3-7-17/h1-3,6-7,9-12,20H,4-5,8,13-16H2,(H,25,29)(H,26,30)/t20-/m0/s1. The lowest BCUT2D eigenvalue weighted by Gasteiger charge is -2.24. The maximum absolute atomic E-state index is 12.5. The van der Waals surface area contributed by atoms with Crippen LogP contribution in [-0.2, 0) is 9.59 Å². The van der Waals surface area contributed by atoms with Crippen molar-refractivity contribution in [2.75, 3.05) is 26.2 Å². The molecule has 0 radical (unpaired) electrons. The minimum Gasteiger partial charge on any atom is -0.484 e. The molecule has 2 aromatic rings. The summed E-state index contributed by atoms with van der Waals surface area (Å²) in [5.41, 5.74) is 0.604. The van der Waals surface area contributed by atoms with Gasteiger partial charge in [-0.3, -0.25) is 14.4 Å². The van der Waals surface area contributed by atoms with Gasteiger partial charge in [0.2, 0.25) is 5.91 Å². The zero-order valence-electron chi connectivity index (χ0n) is 17.2. The average Bonchev–Trinajstić information content (AvgIpc) is 3.29. The molecule has 0 saturated carbocycles. The number of nitrogens with one attached hydrogen (secondary N) is 2. The smallest absolute Gasteiger partial charge is 0.261 e. The van der Waals surface area contributed by atoms with Crippen LogP contribution in [0.4, 0.5) is 0 Å². The molecule has 1 saturated heterocycles. The topological polar surface area (TPSA) is 87.7 Å². The van der Waals surface area contributed by atoms with Crippen LogP contribution < -0.4 is 15.4 Å². The Kier molecular flexibility index (Phi) is 8.29. The minimum absolute atomic E-state index is 0.128.